The third-order valence-electron chi connectivity index (χ3n) is 5.15. The highest BCUT2D eigenvalue weighted by atomic mass is 16.5. The summed E-state index contributed by atoms with van der Waals surface area (Å²) >= 11 is 0. The van der Waals surface area contributed by atoms with Crippen LogP contribution in [0.3, 0.4) is 0 Å². The highest BCUT2D eigenvalue weighted by molar-refractivity contribution is 6.25. The third kappa shape index (κ3) is 5.87. The number of para-hydroxylation sites is 1. The van der Waals surface area contributed by atoms with E-state index in [1.54, 1.807) is 13.0 Å². The van der Waals surface area contributed by atoms with Gasteiger partial charge in [-0.3, -0.25) is 19.4 Å². The number of amides is 2. The smallest absolute Gasteiger partial charge is 0.305 e. The minimum Gasteiger partial charge on any atom is -0.466 e. The molecule has 0 aliphatic carbocycles. The van der Waals surface area contributed by atoms with E-state index in [-0.39, 0.29) is 30.7 Å². The molecule has 0 fully saturated rings. The molecule has 0 spiro atoms. The number of benzodiazepines with no additional fused rings is 1. The van der Waals surface area contributed by atoms with Crippen LogP contribution in [0.2, 0.25) is 0 Å². The Hall–Kier alpha value is -3.28. The zero-order valence-electron chi connectivity index (χ0n) is 17.9. The number of carbonyl (C=O) groups is 3. The lowest BCUT2D eigenvalue weighted by atomic mass is 10.00. The molecule has 6 heteroatoms. The number of nitrogens with zero attached hydrogens (tertiary/aromatic N) is 2. The molecule has 1 aliphatic heterocycles. The van der Waals surface area contributed by atoms with Crippen molar-refractivity contribution in [2.24, 2.45) is 4.99 Å². The molecule has 162 valence electrons. The maximum Gasteiger partial charge on any atom is 0.305 e. The van der Waals surface area contributed by atoms with Crippen LogP contribution in [0.25, 0.3) is 0 Å². The molecule has 0 aromatic heterocycles. The summed E-state index contributed by atoms with van der Waals surface area (Å²) in [7, 11) is 0. The van der Waals surface area contributed by atoms with Gasteiger partial charge in [-0.05, 0) is 25.8 Å². The largest absolute Gasteiger partial charge is 0.466 e. The van der Waals surface area contributed by atoms with Crippen molar-refractivity contribution in [3.63, 3.8) is 0 Å². The van der Waals surface area contributed by atoms with Crippen molar-refractivity contribution in [2.45, 2.75) is 45.4 Å². The molecule has 6 nitrogen and oxygen atoms in total. The monoisotopic (exact) mass is 420 g/mol. The standard InChI is InChI=1S/C25H28N2O4/c1-2-31-24(30)17-9-4-3-8-16-22(28)27-21-15-11-10-14-20(21)25(26-18-23(27)29)19-12-6-5-7-13-19/h5-7,10-15H,2-4,8-9,16-18H2,1H3. The zero-order chi connectivity index (χ0) is 22.1. The molecule has 0 saturated carbocycles. The van der Waals surface area contributed by atoms with Gasteiger partial charge in [0.2, 0.25) is 5.91 Å². The fourth-order valence-electron chi connectivity index (χ4n) is 3.67. The van der Waals surface area contributed by atoms with Crippen LogP contribution in [0, 0.1) is 0 Å². The van der Waals surface area contributed by atoms with Crippen LogP contribution >= 0.6 is 0 Å². The van der Waals surface area contributed by atoms with Gasteiger partial charge in [-0.25, -0.2) is 4.90 Å². The topological polar surface area (TPSA) is 76.0 Å². The molecular formula is C25H28N2O4. The summed E-state index contributed by atoms with van der Waals surface area (Å²) < 4.78 is 4.92. The third-order valence-corrected chi connectivity index (χ3v) is 5.15. The number of fused-ring (bicyclic) bond motifs is 1. The number of anilines is 1. The summed E-state index contributed by atoms with van der Waals surface area (Å²) in [5.41, 5.74) is 3.00. The molecule has 0 N–H and O–H groups in total. The Bertz CT molecular complexity index is 953. The second-order valence-corrected chi connectivity index (χ2v) is 7.39. The van der Waals surface area contributed by atoms with Gasteiger partial charge in [-0.1, -0.05) is 61.4 Å². The molecule has 3 rings (SSSR count). The first-order valence-electron chi connectivity index (χ1n) is 10.8. The SMILES string of the molecule is CCOC(=O)CCCCCCC(=O)N1C(=O)CN=C(c2ccccc2)c2ccccc21. The quantitative estimate of drug-likeness (QED) is 0.448. The van der Waals surface area contributed by atoms with Crippen molar-refractivity contribution in [2.75, 3.05) is 18.1 Å². The summed E-state index contributed by atoms with van der Waals surface area (Å²) in [6, 6.07) is 17.1. The van der Waals surface area contributed by atoms with E-state index in [2.05, 4.69) is 4.99 Å². The van der Waals surface area contributed by atoms with Gasteiger partial charge in [0.05, 0.1) is 18.0 Å². The Kier molecular flexibility index (Phi) is 8.10. The summed E-state index contributed by atoms with van der Waals surface area (Å²) in [5.74, 6) is -0.711. The molecule has 31 heavy (non-hydrogen) atoms. The first-order chi connectivity index (χ1) is 15.1. The van der Waals surface area contributed by atoms with E-state index < -0.39 is 0 Å². The molecule has 0 bridgehead atoms. The number of ether oxygens (including phenoxy) is 1. The van der Waals surface area contributed by atoms with E-state index in [4.69, 9.17) is 4.74 Å². The van der Waals surface area contributed by atoms with Gasteiger partial charge >= 0.3 is 5.97 Å². The van der Waals surface area contributed by atoms with E-state index in [0.717, 1.165) is 36.1 Å². The predicted octanol–water partition coefficient (Wildman–Crippen LogP) is 4.30. The van der Waals surface area contributed by atoms with Crippen molar-refractivity contribution < 1.29 is 19.1 Å². The molecule has 2 aromatic carbocycles. The lowest BCUT2D eigenvalue weighted by Crippen LogP contribution is -2.38. The summed E-state index contributed by atoms with van der Waals surface area (Å²) in [5, 5.41) is 0. The first-order valence-corrected chi connectivity index (χ1v) is 10.8. The normalized spacial score (nSPS) is 13.3. The van der Waals surface area contributed by atoms with Crippen LogP contribution < -0.4 is 4.90 Å². The van der Waals surface area contributed by atoms with E-state index in [9.17, 15) is 14.4 Å². The molecule has 0 atom stereocenters. The average Bonchev–Trinajstić information content (AvgIpc) is 2.93. The van der Waals surface area contributed by atoms with Gasteiger partial charge < -0.3 is 4.74 Å². The molecule has 1 heterocycles. The second-order valence-electron chi connectivity index (χ2n) is 7.39. The minimum atomic E-state index is -0.314. The Morgan fingerprint density at radius 3 is 2.35 bits per heavy atom. The van der Waals surface area contributed by atoms with Crippen molar-refractivity contribution in [1.82, 2.24) is 0 Å². The molecule has 2 aromatic rings. The van der Waals surface area contributed by atoms with Crippen LogP contribution in [0.15, 0.2) is 59.6 Å². The molecule has 2 amide bonds. The Morgan fingerprint density at radius 1 is 0.935 bits per heavy atom. The number of hydrogen-bond donors (Lipinski definition) is 0. The molecule has 0 saturated heterocycles. The van der Waals surface area contributed by atoms with Crippen LogP contribution in [-0.2, 0) is 19.1 Å². The number of unbranched alkanes of at least 4 members (excludes halogenated alkanes) is 3. The van der Waals surface area contributed by atoms with Crippen LogP contribution in [-0.4, -0.2) is 36.6 Å². The van der Waals surface area contributed by atoms with Gasteiger partial charge in [0.1, 0.15) is 6.54 Å². The highest BCUT2D eigenvalue weighted by Crippen LogP contribution is 2.27. The van der Waals surface area contributed by atoms with Crippen molar-refractivity contribution in [3.05, 3.63) is 65.7 Å². The molecular weight excluding hydrogens is 392 g/mol. The van der Waals surface area contributed by atoms with Crippen molar-refractivity contribution in [3.8, 4) is 0 Å². The fourth-order valence-corrected chi connectivity index (χ4v) is 3.67. The minimum absolute atomic E-state index is 0.0653. The predicted molar refractivity (Wildman–Crippen MR) is 120 cm³/mol. The number of imide groups is 1. The molecule has 0 unspecified atom stereocenters. The van der Waals surface area contributed by atoms with E-state index in [1.807, 2.05) is 48.5 Å². The van der Waals surface area contributed by atoms with Gasteiger partial charge in [-0.2, -0.15) is 0 Å². The van der Waals surface area contributed by atoms with Gasteiger partial charge in [-0.15, -0.1) is 0 Å². The first kappa shape index (κ1) is 22.4. The Morgan fingerprint density at radius 2 is 1.61 bits per heavy atom. The van der Waals surface area contributed by atoms with Crippen LogP contribution in [0.1, 0.15) is 56.6 Å². The van der Waals surface area contributed by atoms with Crippen molar-refractivity contribution >= 4 is 29.2 Å². The van der Waals surface area contributed by atoms with Crippen molar-refractivity contribution in [1.29, 1.82) is 0 Å². The second kappa shape index (κ2) is 11.2. The summed E-state index contributed by atoms with van der Waals surface area (Å²) in [6.07, 6.45) is 3.75. The molecule has 0 radical (unpaired) electrons. The lowest BCUT2D eigenvalue weighted by molar-refractivity contribution is -0.143. The van der Waals surface area contributed by atoms with Gasteiger partial charge in [0.15, 0.2) is 0 Å². The highest BCUT2D eigenvalue weighted by Gasteiger charge is 2.29. The number of benzene rings is 2. The summed E-state index contributed by atoms with van der Waals surface area (Å²) in [4.78, 5) is 43.0. The van der Waals surface area contributed by atoms with Gasteiger partial charge in [0.25, 0.3) is 5.91 Å². The Labute approximate surface area is 182 Å². The number of carbonyl (C=O) groups excluding carboxylic acids is 3. The maximum atomic E-state index is 13.0. The number of esters is 1. The lowest BCUT2D eigenvalue weighted by Gasteiger charge is -2.21. The molecule has 1 aliphatic rings. The number of hydrogen-bond acceptors (Lipinski definition) is 5. The summed E-state index contributed by atoms with van der Waals surface area (Å²) in [6.45, 7) is 2.12. The van der Waals surface area contributed by atoms with E-state index >= 15 is 0 Å². The van der Waals surface area contributed by atoms with Crippen LogP contribution in [0.4, 0.5) is 5.69 Å². The fraction of sp³-hybridized carbons (Fsp3) is 0.360. The van der Waals surface area contributed by atoms with Crippen LogP contribution in [0.5, 0.6) is 0 Å². The van der Waals surface area contributed by atoms with E-state index in [1.165, 1.54) is 4.90 Å². The maximum absolute atomic E-state index is 13.0. The number of aliphatic imine (C=N–C) groups is 1. The Balaban J connectivity index is 1.65. The van der Waals surface area contributed by atoms with E-state index in [0.29, 0.717) is 25.1 Å². The average molecular weight is 421 g/mol. The number of rotatable bonds is 9. The zero-order valence-corrected chi connectivity index (χ0v) is 17.9. The van der Waals surface area contributed by atoms with Gasteiger partial charge in [0, 0.05) is 24.0 Å².